The fourth-order valence-corrected chi connectivity index (χ4v) is 1.56. The zero-order valence-electron chi connectivity index (χ0n) is 9.92. The molecule has 0 bridgehead atoms. The first-order valence-electron chi connectivity index (χ1n) is 5.47. The Morgan fingerprint density at radius 3 is 2.72 bits per heavy atom. The van der Waals surface area contributed by atoms with Crippen molar-refractivity contribution in [2.24, 2.45) is 0 Å². The Hall–Kier alpha value is -2.61. The van der Waals surface area contributed by atoms with E-state index in [1.807, 2.05) is 29.8 Å². The van der Waals surface area contributed by atoms with Crippen molar-refractivity contribution in [2.45, 2.75) is 13.3 Å². The third-order valence-corrected chi connectivity index (χ3v) is 2.40. The average molecular weight is 240 g/mol. The minimum Gasteiger partial charge on any atom is -0.325 e. The van der Waals surface area contributed by atoms with Gasteiger partial charge in [-0.1, -0.05) is 0 Å². The molecule has 2 rings (SSSR count). The van der Waals surface area contributed by atoms with Crippen LogP contribution in [0, 0.1) is 18.3 Å². The number of imidazole rings is 1. The minimum absolute atomic E-state index is 0.136. The number of carbonyl (C=O) groups is 1. The smallest absolute Gasteiger partial charge is 0.238 e. The van der Waals surface area contributed by atoms with Gasteiger partial charge in [0.15, 0.2) is 0 Å². The molecule has 0 saturated heterocycles. The van der Waals surface area contributed by atoms with Gasteiger partial charge in [-0.25, -0.2) is 4.98 Å². The molecule has 0 spiro atoms. The summed E-state index contributed by atoms with van der Waals surface area (Å²) in [6, 6.07) is 9.14. The molecule has 1 aromatic heterocycles. The Labute approximate surface area is 105 Å². The van der Waals surface area contributed by atoms with Gasteiger partial charge < -0.3 is 9.88 Å². The van der Waals surface area contributed by atoms with Crippen LogP contribution in [-0.2, 0) is 4.79 Å². The van der Waals surface area contributed by atoms with Crippen LogP contribution in [0.25, 0.3) is 5.69 Å². The van der Waals surface area contributed by atoms with E-state index in [2.05, 4.69) is 10.3 Å². The largest absolute Gasteiger partial charge is 0.325 e. The van der Waals surface area contributed by atoms with Crippen LogP contribution in [0.4, 0.5) is 5.69 Å². The number of hydrogen-bond donors (Lipinski definition) is 1. The SMILES string of the molecule is Cc1cn(-c2ccc(NC(=O)CC#N)cc2)cn1. The van der Waals surface area contributed by atoms with E-state index >= 15 is 0 Å². The van der Waals surface area contributed by atoms with Crippen molar-refractivity contribution >= 4 is 11.6 Å². The number of anilines is 1. The molecule has 0 aliphatic heterocycles. The normalized spacial score (nSPS) is 9.78. The van der Waals surface area contributed by atoms with Gasteiger partial charge in [0.05, 0.1) is 18.1 Å². The summed E-state index contributed by atoms with van der Waals surface area (Å²) in [4.78, 5) is 15.4. The summed E-state index contributed by atoms with van der Waals surface area (Å²) in [7, 11) is 0. The quantitative estimate of drug-likeness (QED) is 0.892. The van der Waals surface area contributed by atoms with Crippen LogP contribution in [0.1, 0.15) is 12.1 Å². The van der Waals surface area contributed by atoms with E-state index in [1.54, 1.807) is 24.5 Å². The number of carbonyl (C=O) groups excluding carboxylic acids is 1. The lowest BCUT2D eigenvalue weighted by atomic mass is 10.2. The average Bonchev–Trinajstić information content (AvgIpc) is 2.77. The Bertz CT molecular complexity index is 592. The van der Waals surface area contributed by atoms with Gasteiger partial charge >= 0.3 is 0 Å². The summed E-state index contributed by atoms with van der Waals surface area (Å²) in [6.45, 7) is 1.92. The van der Waals surface area contributed by atoms with Crippen molar-refractivity contribution in [3.05, 3.63) is 42.5 Å². The van der Waals surface area contributed by atoms with Crippen LogP contribution >= 0.6 is 0 Å². The Morgan fingerprint density at radius 1 is 1.44 bits per heavy atom. The first kappa shape index (κ1) is 11.9. The number of aromatic nitrogens is 2. The van der Waals surface area contributed by atoms with E-state index in [4.69, 9.17) is 5.26 Å². The summed E-state index contributed by atoms with van der Waals surface area (Å²) in [5, 5.41) is 11.0. The zero-order chi connectivity index (χ0) is 13.0. The van der Waals surface area contributed by atoms with Gasteiger partial charge in [-0.05, 0) is 31.2 Å². The van der Waals surface area contributed by atoms with Gasteiger partial charge in [0.2, 0.25) is 5.91 Å². The second kappa shape index (κ2) is 5.15. The molecule has 18 heavy (non-hydrogen) atoms. The number of rotatable bonds is 3. The van der Waals surface area contributed by atoms with Crippen LogP contribution in [-0.4, -0.2) is 15.5 Å². The maximum atomic E-state index is 11.2. The molecule has 0 fully saturated rings. The van der Waals surface area contributed by atoms with E-state index in [-0.39, 0.29) is 12.3 Å². The summed E-state index contributed by atoms with van der Waals surface area (Å²) >= 11 is 0. The van der Waals surface area contributed by atoms with E-state index in [0.717, 1.165) is 11.4 Å². The predicted molar refractivity (Wildman–Crippen MR) is 67.2 cm³/mol. The molecule has 0 saturated carbocycles. The number of amides is 1. The van der Waals surface area contributed by atoms with Crippen molar-refractivity contribution in [3.8, 4) is 11.8 Å². The van der Waals surface area contributed by atoms with Crippen LogP contribution in [0.3, 0.4) is 0 Å². The molecule has 90 valence electrons. The van der Waals surface area contributed by atoms with Crippen molar-refractivity contribution in [1.82, 2.24) is 9.55 Å². The van der Waals surface area contributed by atoms with Crippen molar-refractivity contribution in [1.29, 1.82) is 5.26 Å². The Balaban J connectivity index is 2.11. The second-order valence-electron chi connectivity index (χ2n) is 3.85. The molecule has 1 N–H and O–H groups in total. The molecule has 1 aromatic carbocycles. The highest BCUT2D eigenvalue weighted by atomic mass is 16.1. The number of benzene rings is 1. The zero-order valence-corrected chi connectivity index (χ0v) is 9.92. The first-order valence-corrected chi connectivity index (χ1v) is 5.47. The summed E-state index contributed by atoms with van der Waals surface area (Å²) in [6.07, 6.45) is 3.52. The van der Waals surface area contributed by atoms with E-state index in [1.165, 1.54) is 0 Å². The monoisotopic (exact) mass is 240 g/mol. The fourth-order valence-electron chi connectivity index (χ4n) is 1.56. The lowest BCUT2D eigenvalue weighted by Gasteiger charge is -2.05. The van der Waals surface area contributed by atoms with E-state index in [0.29, 0.717) is 5.69 Å². The third-order valence-electron chi connectivity index (χ3n) is 2.40. The van der Waals surface area contributed by atoms with Gasteiger partial charge in [0.25, 0.3) is 0 Å². The Kier molecular flexibility index (Phi) is 3.39. The maximum absolute atomic E-state index is 11.2. The van der Waals surface area contributed by atoms with Crippen LogP contribution in [0.5, 0.6) is 0 Å². The van der Waals surface area contributed by atoms with Gasteiger partial charge in [-0.15, -0.1) is 0 Å². The summed E-state index contributed by atoms with van der Waals surface area (Å²) in [5.41, 5.74) is 2.59. The lowest BCUT2D eigenvalue weighted by molar-refractivity contribution is -0.115. The van der Waals surface area contributed by atoms with E-state index < -0.39 is 0 Å². The number of aryl methyl sites for hydroxylation is 1. The molecule has 0 unspecified atom stereocenters. The highest BCUT2D eigenvalue weighted by Gasteiger charge is 2.02. The standard InChI is InChI=1S/C13H12N4O/c1-10-8-17(9-15-10)12-4-2-11(3-5-12)16-13(18)6-7-14/h2-5,8-9H,6H2,1H3,(H,16,18). The number of nitrogens with one attached hydrogen (secondary N) is 1. The van der Waals surface area contributed by atoms with Crippen LogP contribution < -0.4 is 5.32 Å². The molecule has 5 nitrogen and oxygen atoms in total. The lowest BCUT2D eigenvalue weighted by Crippen LogP contribution is -2.09. The van der Waals surface area contributed by atoms with Gasteiger partial charge in [0, 0.05) is 17.6 Å². The highest BCUT2D eigenvalue weighted by molar-refractivity contribution is 5.92. The fraction of sp³-hybridized carbons (Fsp3) is 0.154. The second-order valence-corrected chi connectivity index (χ2v) is 3.85. The molecule has 0 atom stereocenters. The van der Waals surface area contributed by atoms with E-state index in [9.17, 15) is 4.79 Å². The number of nitriles is 1. The molecule has 1 heterocycles. The van der Waals surface area contributed by atoms with Crippen molar-refractivity contribution < 1.29 is 4.79 Å². The maximum Gasteiger partial charge on any atom is 0.238 e. The van der Waals surface area contributed by atoms with Crippen molar-refractivity contribution in [2.75, 3.05) is 5.32 Å². The first-order chi connectivity index (χ1) is 8.69. The van der Waals surface area contributed by atoms with Gasteiger partial charge in [-0.2, -0.15) is 5.26 Å². The molecule has 2 aromatic rings. The van der Waals surface area contributed by atoms with Gasteiger partial charge in [0.1, 0.15) is 6.42 Å². The molecule has 5 heteroatoms. The van der Waals surface area contributed by atoms with Crippen LogP contribution in [0.2, 0.25) is 0 Å². The molecule has 0 radical (unpaired) electrons. The van der Waals surface area contributed by atoms with Gasteiger partial charge in [-0.3, -0.25) is 4.79 Å². The molecule has 0 aliphatic rings. The Morgan fingerprint density at radius 2 is 2.17 bits per heavy atom. The molecular formula is C13H12N4O. The number of nitrogens with zero attached hydrogens (tertiary/aromatic N) is 3. The highest BCUT2D eigenvalue weighted by Crippen LogP contribution is 2.13. The van der Waals surface area contributed by atoms with Crippen LogP contribution in [0.15, 0.2) is 36.8 Å². The molecular weight excluding hydrogens is 228 g/mol. The third kappa shape index (κ3) is 2.74. The molecule has 0 aliphatic carbocycles. The minimum atomic E-state index is -0.302. The predicted octanol–water partition coefficient (Wildman–Crippen LogP) is 2.03. The summed E-state index contributed by atoms with van der Waals surface area (Å²) in [5.74, 6) is -0.302. The van der Waals surface area contributed by atoms with Crippen molar-refractivity contribution in [3.63, 3.8) is 0 Å². The summed E-state index contributed by atoms with van der Waals surface area (Å²) < 4.78 is 1.90. The molecule has 1 amide bonds. The number of hydrogen-bond acceptors (Lipinski definition) is 3. The topological polar surface area (TPSA) is 70.7 Å².